The average molecular weight is 425 g/mol. The van der Waals surface area contributed by atoms with E-state index in [9.17, 15) is 4.79 Å². The van der Waals surface area contributed by atoms with Crippen molar-refractivity contribution >= 4 is 22.9 Å². The van der Waals surface area contributed by atoms with Crippen molar-refractivity contribution in [3.63, 3.8) is 0 Å². The Balaban J connectivity index is 1.47. The second-order valence-electron chi connectivity index (χ2n) is 8.77. The number of ether oxygens (including phenoxy) is 1. The Bertz CT molecular complexity index is 1140. The fraction of sp³-hybridized carbons (Fsp3) is 0.286. The maximum atomic E-state index is 12.9. The fourth-order valence-electron chi connectivity index (χ4n) is 5.30. The van der Waals surface area contributed by atoms with Crippen molar-refractivity contribution in [2.24, 2.45) is 11.8 Å². The maximum Gasteiger partial charge on any atom is 0.331 e. The highest BCUT2D eigenvalue weighted by molar-refractivity contribution is 5.88. The van der Waals surface area contributed by atoms with Gasteiger partial charge in [0.2, 0.25) is 0 Å². The van der Waals surface area contributed by atoms with Crippen LogP contribution in [0.15, 0.2) is 85.6 Å². The van der Waals surface area contributed by atoms with E-state index in [0.29, 0.717) is 11.8 Å². The third-order valence-electron chi connectivity index (χ3n) is 6.95. The number of aromatic nitrogens is 1. The summed E-state index contributed by atoms with van der Waals surface area (Å²) in [4.78, 5) is 19.9. The van der Waals surface area contributed by atoms with Crippen LogP contribution in [-0.2, 0) is 9.53 Å². The third-order valence-corrected chi connectivity index (χ3v) is 6.95. The molecule has 3 aliphatic rings. The second kappa shape index (κ2) is 9.09. The van der Waals surface area contributed by atoms with E-state index in [1.807, 2.05) is 66.9 Å². The molecule has 0 aliphatic carbocycles. The number of hydrogen-bond acceptors (Lipinski definition) is 4. The molecule has 2 aromatic carbocycles. The predicted octanol–water partition coefficient (Wildman–Crippen LogP) is 5.43. The Labute approximate surface area is 189 Å². The van der Waals surface area contributed by atoms with Crippen molar-refractivity contribution in [1.29, 1.82) is 0 Å². The minimum Gasteiger partial charge on any atom is -0.453 e. The van der Waals surface area contributed by atoms with Crippen LogP contribution in [0.3, 0.4) is 0 Å². The zero-order valence-electron chi connectivity index (χ0n) is 18.1. The summed E-state index contributed by atoms with van der Waals surface area (Å²) in [5, 5.41) is 1.04. The number of carbonyl (C=O) groups is 1. The monoisotopic (exact) mass is 424 g/mol. The van der Waals surface area contributed by atoms with Crippen LogP contribution in [0, 0.1) is 11.8 Å². The molecule has 0 amide bonds. The first kappa shape index (κ1) is 20.7. The highest BCUT2D eigenvalue weighted by Crippen LogP contribution is 2.43. The Kier molecular flexibility index (Phi) is 5.87. The molecule has 4 heteroatoms. The topological polar surface area (TPSA) is 42.4 Å². The maximum absolute atomic E-state index is 12.9. The van der Waals surface area contributed by atoms with Gasteiger partial charge < -0.3 is 4.74 Å². The smallest absolute Gasteiger partial charge is 0.331 e. The summed E-state index contributed by atoms with van der Waals surface area (Å²) >= 11 is 0. The van der Waals surface area contributed by atoms with Crippen molar-refractivity contribution in [2.45, 2.75) is 25.0 Å². The molecule has 32 heavy (non-hydrogen) atoms. The number of esters is 1. The number of benzene rings is 2. The summed E-state index contributed by atoms with van der Waals surface area (Å²) in [6, 6.07) is 20.1. The molecule has 0 N–H and O–H groups in total. The lowest BCUT2D eigenvalue weighted by Crippen LogP contribution is -2.55. The van der Waals surface area contributed by atoms with E-state index in [-0.39, 0.29) is 18.1 Å². The number of hydrogen-bond donors (Lipinski definition) is 0. The Hall–Kier alpha value is -3.24. The highest BCUT2D eigenvalue weighted by atomic mass is 16.5. The predicted molar refractivity (Wildman–Crippen MR) is 128 cm³/mol. The number of para-hydroxylation sites is 1. The van der Waals surface area contributed by atoms with Crippen molar-refractivity contribution < 1.29 is 9.53 Å². The SMILES string of the molecule is C=C[C@H]1CN2CC[C@H]1C[C@@H]2[C@@H](OC(=O)C=Cc1ccccc1)c1ccnc2ccccc12. The molecule has 3 fully saturated rings. The minimum atomic E-state index is -0.343. The van der Waals surface area contributed by atoms with Crippen molar-refractivity contribution in [3.8, 4) is 0 Å². The van der Waals surface area contributed by atoms with Gasteiger partial charge in [-0.2, -0.15) is 0 Å². The summed E-state index contributed by atoms with van der Waals surface area (Å²) in [7, 11) is 0. The van der Waals surface area contributed by atoms with Gasteiger partial charge in [-0.1, -0.05) is 54.6 Å². The van der Waals surface area contributed by atoms with Gasteiger partial charge in [0.25, 0.3) is 0 Å². The van der Waals surface area contributed by atoms with Crippen LogP contribution >= 0.6 is 0 Å². The summed E-state index contributed by atoms with van der Waals surface area (Å²) in [5.74, 6) is 0.794. The molecule has 1 aromatic heterocycles. The van der Waals surface area contributed by atoms with Crippen molar-refractivity contribution in [1.82, 2.24) is 9.88 Å². The van der Waals surface area contributed by atoms with E-state index in [1.54, 1.807) is 0 Å². The fourth-order valence-corrected chi connectivity index (χ4v) is 5.30. The summed E-state index contributed by atoms with van der Waals surface area (Å²) < 4.78 is 6.21. The number of rotatable bonds is 6. The molecule has 1 unspecified atom stereocenters. The Morgan fingerprint density at radius 2 is 1.94 bits per heavy atom. The van der Waals surface area contributed by atoms with Crippen LogP contribution in [-0.4, -0.2) is 35.0 Å². The van der Waals surface area contributed by atoms with Crippen LogP contribution in [0.5, 0.6) is 0 Å². The van der Waals surface area contributed by atoms with Gasteiger partial charge in [0, 0.05) is 29.8 Å². The van der Waals surface area contributed by atoms with E-state index in [4.69, 9.17) is 4.74 Å². The summed E-state index contributed by atoms with van der Waals surface area (Å²) in [5.41, 5.74) is 2.93. The lowest BCUT2D eigenvalue weighted by atomic mass is 9.73. The van der Waals surface area contributed by atoms with Crippen LogP contribution in [0.1, 0.15) is 30.1 Å². The van der Waals surface area contributed by atoms with E-state index in [0.717, 1.165) is 41.5 Å². The third kappa shape index (κ3) is 4.11. The zero-order valence-corrected chi connectivity index (χ0v) is 18.1. The first-order chi connectivity index (χ1) is 15.7. The number of pyridine rings is 1. The van der Waals surface area contributed by atoms with Gasteiger partial charge in [0.1, 0.15) is 6.10 Å². The number of nitrogens with zero attached hydrogens (tertiary/aromatic N) is 2. The molecule has 2 bridgehead atoms. The van der Waals surface area contributed by atoms with Crippen LogP contribution in [0.4, 0.5) is 0 Å². The van der Waals surface area contributed by atoms with Crippen LogP contribution < -0.4 is 0 Å². The molecule has 4 heterocycles. The minimum absolute atomic E-state index is 0.157. The molecule has 0 saturated carbocycles. The quantitative estimate of drug-likeness (QED) is 0.301. The van der Waals surface area contributed by atoms with Crippen molar-refractivity contribution in [3.05, 3.63) is 96.7 Å². The Morgan fingerprint density at radius 3 is 2.72 bits per heavy atom. The molecule has 162 valence electrons. The molecule has 3 aromatic rings. The van der Waals surface area contributed by atoms with Gasteiger partial charge in [-0.05, 0) is 55.0 Å². The molecular formula is C28H28N2O2. The molecular weight excluding hydrogens is 396 g/mol. The van der Waals surface area contributed by atoms with Crippen LogP contribution in [0.25, 0.3) is 17.0 Å². The van der Waals surface area contributed by atoms with E-state index < -0.39 is 0 Å². The Morgan fingerprint density at radius 1 is 1.12 bits per heavy atom. The highest BCUT2D eigenvalue weighted by Gasteiger charge is 2.44. The summed E-state index contributed by atoms with van der Waals surface area (Å²) in [6.45, 7) is 6.06. The average Bonchev–Trinajstić information content (AvgIpc) is 2.86. The zero-order chi connectivity index (χ0) is 21.9. The van der Waals surface area contributed by atoms with E-state index in [1.165, 1.54) is 12.5 Å². The van der Waals surface area contributed by atoms with E-state index >= 15 is 0 Å². The molecule has 0 spiro atoms. The van der Waals surface area contributed by atoms with Gasteiger partial charge >= 0.3 is 5.97 Å². The second-order valence-corrected chi connectivity index (χ2v) is 8.77. The van der Waals surface area contributed by atoms with Gasteiger partial charge in [0.15, 0.2) is 0 Å². The molecule has 3 aliphatic heterocycles. The van der Waals surface area contributed by atoms with Gasteiger partial charge in [-0.3, -0.25) is 9.88 Å². The molecule has 5 atom stereocenters. The first-order valence-corrected chi connectivity index (χ1v) is 11.4. The summed E-state index contributed by atoms with van der Waals surface area (Å²) in [6.07, 6.45) is 9.11. The number of fused-ring (bicyclic) bond motifs is 4. The largest absolute Gasteiger partial charge is 0.453 e. The number of piperidine rings is 3. The molecule has 3 saturated heterocycles. The lowest BCUT2D eigenvalue weighted by Gasteiger charge is -2.51. The molecule has 0 radical (unpaired) electrons. The lowest BCUT2D eigenvalue weighted by molar-refractivity contribution is -0.151. The number of carbonyl (C=O) groups excluding carboxylic acids is 1. The van der Waals surface area contributed by atoms with E-state index in [2.05, 4.69) is 28.6 Å². The molecule has 4 nitrogen and oxygen atoms in total. The standard InChI is InChI=1S/C28H28N2O2/c1-2-21-19-30-17-15-22(21)18-26(30)28(24-14-16-29-25-11-7-6-10-23(24)25)32-27(31)13-12-20-8-4-3-5-9-20/h2-14,16,21-22,26,28H,1,15,17-19H2/t21-,22-,26+,28-/m0/s1. The van der Waals surface area contributed by atoms with Gasteiger partial charge in [-0.15, -0.1) is 6.58 Å². The first-order valence-electron chi connectivity index (χ1n) is 11.4. The van der Waals surface area contributed by atoms with Gasteiger partial charge in [-0.25, -0.2) is 4.79 Å². The van der Waals surface area contributed by atoms with Crippen LogP contribution in [0.2, 0.25) is 0 Å². The van der Waals surface area contributed by atoms with Gasteiger partial charge in [0.05, 0.1) is 11.6 Å². The molecule has 6 rings (SSSR count). The van der Waals surface area contributed by atoms with Crippen molar-refractivity contribution in [2.75, 3.05) is 13.1 Å². The normalized spacial score (nSPS) is 25.6.